The second kappa shape index (κ2) is 9.74. The van der Waals surface area contributed by atoms with Crippen molar-refractivity contribution in [3.63, 3.8) is 0 Å². The second-order valence-corrected chi connectivity index (χ2v) is 6.12. The van der Waals surface area contributed by atoms with Gasteiger partial charge in [0.15, 0.2) is 11.5 Å². The Hall–Kier alpha value is -2.85. The van der Waals surface area contributed by atoms with Crippen LogP contribution in [0.3, 0.4) is 0 Å². The van der Waals surface area contributed by atoms with Crippen molar-refractivity contribution in [1.29, 1.82) is 0 Å². The summed E-state index contributed by atoms with van der Waals surface area (Å²) in [5, 5.41) is 17.7. The molecule has 2 aliphatic rings. The molecule has 10 heteroatoms. The third-order valence-electron chi connectivity index (χ3n) is 4.09. The largest absolute Gasteiger partial charge is 0.473 e. The Morgan fingerprint density at radius 3 is 2.30 bits per heavy atom. The zero-order valence-electron chi connectivity index (χ0n) is 15.0. The van der Waals surface area contributed by atoms with Gasteiger partial charge in [0.1, 0.15) is 0 Å². The highest BCUT2D eigenvalue weighted by Gasteiger charge is 2.16. The molecule has 0 bridgehead atoms. The van der Waals surface area contributed by atoms with Crippen molar-refractivity contribution in [1.82, 2.24) is 9.80 Å². The molecule has 0 spiro atoms. The maximum Gasteiger partial charge on any atom is 0.414 e. The number of likely N-dealkylation sites (N-methyl/N-ethyl adjacent to an activating group) is 1. The van der Waals surface area contributed by atoms with E-state index in [0.29, 0.717) is 12.2 Å². The highest BCUT2D eigenvalue weighted by Crippen LogP contribution is 2.34. The van der Waals surface area contributed by atoms with Crippen molar-refractivity contribution in [2.24, 2.45) is 0 Å². The van der Waals surface area contributed by atoms with Crippen LogP contribution in [0, 0.1) is 0 Å². The second-order valence-electron chi connectivity index (χ2n) is 6.12. The Morgan fingerprint density at radius 2 is 1.67 bits per heavy atom. The number of amides is 1. The molecule has 1 saturated heterocycles. The summed E-state index contributed by atoms with van der Waals surface area (Å²) in [6.07, 6.45) is 0.512. The molecule has 0 aromatic heterocycles. The van der Waals surface area contributed by atoms with Gasteiger partial charge in [-0.3, -0.25) is 4.79 Å². The Bertz CT molecular complexity index is 675. The maximum absolute atomic E-state index is 12.0. The van der Waals surface area contributed by atoms with Gasteiger partial charge in [0.05, 0.1) is 0 Å². The number of carbonyl (C=O) groups is 3. The van der Waals surface area contributed by atoms with Crippen LogP contribution >= 0.6 is 0 Å². The molecule has 27 heavy (non-hydrogen) atoms. The number of ether oxygens (including phenoxy) is 2. The molecule has 0 atom stereocenters. The summed E-state index contributed by atoms with van der Waals surface area (Å²) in [5.41, 5.74) is 0.752. The smallest absolute Gasteiger partial charge is 0.414 e. The lowest BCUT2D eigenvalue weighted by atomic mass is 10.2. The quantitative estimate of drug-likeness (QED) is 0.624. The molecule has 0 unspecified atom stereocenters. The van der Waals surface area contributed by atoms with E-state index in [2.05, 4.69) is 22.2 Å². The minimum absolute atomic E-state index is 0.0350. The summed E-state index contributed by atoms with van der Waals surface area (Å²) in [7, 11) is 2.13. The minimum atomic E-state index is -1.82. The fourth-order valence-electron chi connectivity index (χ4n) is 2.53. The van der Waals surface area contributed by atoms with Gasteiger partial charge >= 0.3 is 11.9 Å². The average molecular weight is 381 g/mol. The number of hydrogen-bond acceptors (Lipinski definition) is 7. The van der Waals surface area contributed by atoms with Crippen LogP contribution < -0.4 is 14.8 Å². The summed E-state index contributed by atoms with van der Waals surface area (Å²) >= 11 is 0. The van der Waals surface area contributed by atoms with Crippen LogP contribution in [0.25, 0.3) is 0 Å². The van der Waals surface area contributed by atoms with E-state index >= 15 is 0 Å². The molecular weight excluding hydrogens is 358 g/mol. The van der Waals surface area contributed by atoms with E-state index in [4.69, 9.17) is 29.3 Å². The summed E-state index contributed by atoms with van der Waals surface area (Å²) in [5.74, 6) is -2.20. The van der Waals surface area contributed by atoms with Crippen LogP contribution in [-0.2, 0) is 14.4 Å². The number of nitrogens with one attached hydrogen (secondary N) is 1. The molecular formula is C17H23N3O7. The molecule has 0 radical (unpaired) electrons. The molecule has 0 saturated carbocycles. The van der Waals surface area contributed by atoms with Crippen molar-refractivity contribution in [3.8, 4) is 11.5 Å². The number of carbonyl (C=O) groups excluding carboxylic acids is 1. The molecule has 2 aliphatic heterocycles. The Labute approximate surface area is 156 Å². The SMILES string of the molecule is CN1CCN(CCC(=O)Nc2ccc3c(c2)OCO3)CC1.O=C(O)C(=O)O. The highest BCUT2D eigenvalue weighted by atomic mass is 16.7. The minimum Gasteiger partial charge on any atom is -0.473 e. The summed E-state index contributed by atoms with van der Waals surface area (Å²) < 4.78 is 10.5. The van der Waals surface area contributed by atoms with Gasteiger partial charge in [-0.05, 0) is 19.2 Å². The predicted octanol–water partition coefficient (Wildman–Crippen LogP) is 0.147. The molecule has 2 heterocycles. The first-order valence-electron chi connectivity index (χ1n) is 8.42. The number of benzene rings is 1. The van der Waals surface area contributed by atoms with Gasteiger partial charge in [-0.15, -0.1) is 0 Å². The van der Waals surface area contributed by atoms with E-state index in [1.54, 1.807) is 6.07 Å². The monoisotopic (exact) mass is 381 g/mol. The standard InChI is InChI=1S/C15H21N3O3.C2H2O4/c1-17-6-8-18(9-7-17)5-4-15(19)16-12-2-3-13-14(10-12)21-11-20-13;3-1(4)2(5)6/h2-3,10H,4-9,11H2,1H3,(H,16,19);(H,3,4)(H,5,6). The number of nitrogens with zero attached hydrogens (tertiary/aromatic N) is 2. The highest BCUT2D eigenvalue weighted by molar-refractivity contribution is 6.27. The summed E-state index contributed by atoms with van der Waals surface area (Å²) in [6.45, 7) is 5.27. The van der Waals surface area contributed by atoms with E-state index in [-0.39, 0.29) is 12.7 Å². The zero-order chi connectivity index (χ0) is 19.8. The van der Waals surface area contributed by atoms with E-state index in [0.717, 1.165) is 44.2 Å². The lowest BCUT2D eigenvalue weighted by Gasteiger charge is -2.32. The van der Waals surface area contributed by atoms with Crippen LogP contribution in [-0.4, -0.2) is 84.4 Å². The molecule has 3 rings (SSSR count). The van der Waals surface area contributed by atoms with Crippen LogP contribution in [0.4, 0.5) is 5.69 Å². The summed E-state index contributed by atoms with van der Waals surface area (Å²) in [6, 6.07) is 5.45. The van der Waals surface area contributed by atoms with Crippen molar-refractivity contribution >= 4 is 23.5 Å². The van der Waals surface area contributed by atoms with E-state index in [9.17, 15) is 4.79 Å². The molecule has 0 aliphatic carbocycles. The average Bonchev–Trinajstić information content (AvgIpc) is 3.09. The van der Waals surface area contributed by atoms with Gasteiger partial charge < -0.3 is 34.8 Å². The zero-order valence-corrected chi connectivity index (χ0v) is 15.0. The molecule has 1 amide bonds. The number of rotatable bonds is 4. The van der Waals surface area contributed by atoms with Crippen LogP contribution in [0.1, 0.15) is 6.42 Å². The molecule has 1 fully saturated rings. The van der Waals surface area contributed by atoms with Gasteiger partial charge in [0.2, 0.25) is 12.7 Å². The molecule has 1 aromatic carbocycles. The Morgan fingerprint density at radius 1 is 1.04 bits per heavy atom. The third kappa shape index (κ3) is 6.76. The van der Waals surface area contributed by atoms with Gasteiger partial charge in [-0.1, -0.05) is 0 Å². The number of anilines is 1. The lowest BCUT2D eigenvalue weighted by molar-refractivity contribution is -0.159. The van der Waals surface area contributed by atoms with E-state index in [1.165, 1.54) is 0 Å². The van der Waals surface area contributed by atoms with Crippen LogP contribution in [0.2, 0.25) is 0 Å². The number of carboxylic acid groups (broad SMARTS) is 2. The van der Waals surface area contributed by atoms with Gasteiger partial charge in [-0.25, -0.2) is 9.59 Å². The third-order valence-corrected chi connectivity index (χ3v) is 4.09. The first kappa shape index (κ1) is 20.5. The number of carboxylic acids is 2. The first-order chi connectivity index (χ1) is 12.8. The number of aliphatic carboxylic acids is 2. The Balaban J connectivity index is 0.000000380. The van der Waals surface area contributed by atoms with Gasteiger partial charge in [0.25, 0.3) is 0 Å². The van der Waals surface area contributed by atoms with Crippen molar-refractivity contribution in [3.05, 3.63) is 18.2 Å². The van der Waals surface area contributed by atoms with E-state index in [1.807, 2.05) is 12.1 Å². The molecule has 3 N–H and O–H groups in total. The van der Waals surface area contributed by atoms with Gasteiger partial charge in [0, 0.05) is 50.9 Å². The van der Waals surface area contributed by atoms with Crippen LogP contribution in [0.5, 0.6) is 11.5 Å². The molecule has 148 valence electrons. The predicted molar refractivity (Wildman–Crippen MR) is 95.0 cm³/mol. The fourth-order valence-corrected chi connectivity index (χ4v) is 2.53. The van der Waals surface area contributed by atoms with Crippen molar-refractivity contribution in [2.75, 3.05) is 51.9 Å². The van der Waals surface area contributed by atoms with E-state index < -0.39 is 11.9 Å². The number of fused-ring (bicyclic) bond motifs is 1. The van der Waals surface area contributed by atoms with Gasteiger partial charge in [-0.2, -0.15) is 0 Å². The van der Waals surface area contributed by atoms with Crippen molar-refractivity contribution in [2.45, 2.75) is 6.42 Å². The lowest BCUT2D eigenvalue weighted by Crippen LogP contribution is -2.45. The Kier molecular flexibility index (Phi) is 7.38. The maximum atomic E-state index is 12.0. The molecule has 10 nitrogen and oxygen atoms in total. The van der Waals surface area contributed by atoms with Crippen LogP contribution in [0.15, 0.2) is 18.2 Å². The topological polar surface area (TPSA) is 129 Å². The normalized spacial score (nSPS) is 16.2. The number of piperazine rings is 1. The first-order valence-corrected chi connectivity index (χ1v) is 8.42. The summed E-state index contributed by atoms with van der Waals surface area (Å²) in [4.78, 5) is 34.8. The number of hydrogen-bond donors (Lipinski definition) is 3. The molecule has 1 aromatic rings. The van der Waals surface area contributed by atoms with Crippen molar-refractivity contribution < 1.29 is 34.1 Å². The fraction of sp³-hybridized carbons (Fsp3) is 0.471.